The highest BCUT2D eigenvalue weighted by Crippen LogP contribution is 2.37. The minimum atomic E-state index is -4.41. The molecule has 0 aliphatic heterocycles. The lowest BCUT2D eigenvalue weighted by atomic mass is 10.1. The summed E-state index contributed by atoms with van der Waals surface area (Å²) in [7, 11) is 0. The summed E-state index contributed by atoms with van der Waals surface area (Å²) in [4.78, 5) is 0. The third-order valence-corrected chi connectivity index (χ3v) is 3.13. The van der Waals surface area contributed by atoms with Crippen LogP contribution in [0, 0.1) is 5.92 Å². The van der Waals surface area contributed by atoms with Crippen molar-refractivity contribution in [1.82, 2.24) is 5.32 Å². The van der Waals surface area contributed by atoms with Crippen molar-refractivity contribution in [1.29, 1.82) is 0 Å². The number of hydrogen-bond donors (Lipinski definition) is 1. The molecule has 0 amide bonds. The molecular formula is C16H24F3NO. The smallest absolute Gasteiger partial charge is 0.419 e. The molecule has 5 heteroatoms. The highest BCUT2D eigenvalue weighted by Gasteiger charge is 2.35. The number of ether oxygens (including phenoxy) is 1. The monoisotopic (exact) mass is 303 g/mol. The van der Waals surface area contributed by atoms with Crippen LogP contribution >= 0.6 is 0 Å². The van der Waals surface area contributed by atoms with Crippen molar-refractivity contribution in [3.8, 4) is 5.75 Å². The van der Waals surface area contributed by atoms with Gasteiger partial charge in [0, 0.05) is 6.54 Å². The van der Waals surface area contributed by atoms with Gasteiger partial charge in [-0.15, -0.1) is 0 Å². The van der Waals surface area contributed by atoms with E-state index in [1.807, 2.05) is 6.92 Å². The average molecular weight is 303 g/mol. The van der Waals surface area contributed by atoms with Gasteiger partial charge in [-0.1, -0.05) is 26.8 Å². The number of halogens is 3. The Bertz CT molecular complexity index is 444. The van der Waals surface area contributed by atoms with Crippen molar-refractivity contribution >= 4 is 0 Å². The molecule has 1 N–H and O–H groups in total. The van der Waals surface area contributed by atoms with Crippen molar-refractivity contribution in [2.45, 2.75) is 52.9 Å². The van der Waals surface area contributed by atoms with E-state index in [0.717, 1.165) is 6.54 Å². The van der Waals surface area contributed by atoms with Crippen molar-refractivity contribution in [2.75, 3.05) is 6.54 Å². The fraction of sp³-hybridized carbons (Fsp3) is 0.625. The maximum Gasteiger partial charge on any atom is 0.419 e. The molecule has 0 saturated heterocycles. The van der Waals surface area contributed by atoms with Gasteiger partial charge in [0.15, 0.2) is 0 Å². The molecule has 1 aromatic rings. The molecule has 120 valence electrons. The van der Waals surface area contributed by atoms with E-state index in [4.69, 9.17) is 4.74 Å². The SMILES string of the molecule is CCC(C)Oc1ccc(CNCC(C)C)cc1C(F)(F)F. The first-order chi connectivity index (χ1) is 9.74. The molecule has 0 bridgehead atoms. The Hall–Kier alpha value is -1.23. The van der Waals surface area contributed by atoms with Crippen LogP contribution in [0.1, 0.15) is 45.2 Å². The maximum atomic E-state index is 13.1. The molecule has 0 saturated carbocycles. The Morgan fingerprint density at radius 2 is 1.86 bits per heavy atom. The van der Waals surface area contributed by atoms with Crippen LogP contribution in [-0.4, -0.2) is 12.6 Å². The van der Waals surface area contributed by atoms with Crippen LogP contribution in [0.4, 0.5) is 13.2 Å². The van der Waals surface area contributed by atoms with Crippen LogP contribution in [0.5, 0.6) is 5.75 Å². The Kier molecular flexibility index (Phi) is 6.52. The van der Waals surface area contributed by atoms with E-state index in [-0.39, 0.29) is 11.9 Å². The molecule has 0 aliphatic carbocycles. The summed E-state index contributed by atoms with van der Waals surface area (Å²) in [5.41, 5.74) is -0.0916. The van der Waals surface area contributed by atoms with Gasteiger partial charge in [0.05, 0.1) is 11.7 Å². The molecule has 1 unspecified atom stereocenters. The summed E-state index contributed by atoms with van der Waals surface area (Å²) < 4.78 is 44.8. The van der Waals surface area contributed by atoms with E-state index in [0.29, 0.717) is 24.4 Å². The largest absolute Gasteiger partial charge is 0.490 e. The quantitative estimate of drug-likeness (QED) is 0.793. The van der Waals surface area contributed by atoms with Gasteiger partial charge in [0.25, 0.3) is 0 Å². The third-order valence-electron chi connectivity index (χ3n) is 3.13. The van der Waals surface area contributed by atoms with Crippen molar-refractivity contribution in [3.05, 3.63) is 29.3 Å². The topological polar surface area (TPSA) is 21.3 Å². The molecular weight excluding hydrogens is 279 g/mol. The second kappa shape index (κ2) is 7.69. The van der Waals surface area contributed by atoms with Crippen molar-refractivity contribution < 1.29 is 17.9 Å². The molecule has 0 aliphatic rings. The van der Waals surface area contributed by atoms with Gasteiger partial charge in [-0.05, 0) is 43.5 Å². The fourth-order valence-corrected chi connectivity index (χ4v) is 1.82. The van der Waals surface area contributed by atoms with E-state index in [1.54, 1.807) is 13.0 Å². The summed E-state index contributed by atoms with van der Waals surface area (Å²) in [5.74, 6) is 0.365. The van der Waals surface area contributed by atoms with E-state index in [2.05, 4.69) is 19.2 Å². The van der Waals surface area contributed by atoms with Crippen LogP contribution in [0.25, 0.3) is 0 Å². The van der Waals surface area contributed by atoms with Gasteiger partial charge in [-0.2, -0.15) is 13.2 Å². The summed E-state index contributed by atoms with van der Waals surface area (Å²) in [5, 5.41) is 3.14. The Labute approximate surface area is 124 Å². The summed E-state index contributed by atoms with van der Waals surface area (Å²) in [6.45, 7) is 8.94. The van der Waals surface area contributed by atoms with Crippen LogP contribution in [-0.2, 0) is 12.7 Å². The predicted molar refractivity (Wildman–Crippen MR) is 78.4 cm³/mol. The molecule has 1 aromatic carbocycles. The Balaban J connectivity index is 2.91. The highest BCUT2D eigenvalue weighted by atomic mass is 19.4. The molecule has 2 nitrogen and oxygen atoms in total. The van der Waals surface area contributed by atoms with Crippen molar-refractivity contribution in [3.63, 3.8) is 0 Å². The lowest BCUT2D eigenvalue weighted by Gasteiger charge is -2.19. The van der Waals surface area contributed by atoms with Gasteiger partial charge in [-0.3, -0.25) is 0 Å². The highest BCUT2D eigenvalue weighted by molar-refractivity contribution is 5.39. The number of alkyl halides is 3. The molecule has 0 spiro atoms. The normalized spacial score (nSPS) is 13.5. The van der Waals surface area contributed by atoms with E-state index < -0.39 is 11.7 Å². The second-order valence-corrected chi connectivity index (χ2v) is 5.69. The fourth-order valence-electron chi connectivity index (χ4n) is 1.82. The first-order valence-electron chi connectivity index (χ1n) is 7.31. The van der Waals surface area contributed by atoms with Crippen LogP contribution < -0.4 is 10.1 Å². The van der Waals surface area contributed by atoms with E-state index >= 15 is 0 Å². The molecule has 1 rings (SSSR count). The van der Waals surface area contributed by atoms with Crippen LogP contribution in [0.15, 0.2) is 18.2 Å². The van der Waals surface area contributed by atoms with E-state index in [9.17, 15) is 13.2 Å². The molecule has 0 aromatic heterocycles. The molecule has 0 radical (unpaired) electrons. The number of benzene rings is 1. The van der Waals surface area contributed by atoms with Crippen molar-refractivity contribution in [2.24, 2.45) is 5.92 Å². The van der Waals surface area contributed by atoms with Crippen LogP contribution in [0.2, 0.25) is 0 Å². The van der Waals surface area contributed by atoms with Gasteiger partial charge < -0.3 is 10.1 Å². The summed E-state index contributed by atoms with van der Waals surface area (Å²) in [6, 6.07) is 4.27. The maximum absolute atomic E-state index is 13.1. The minimum Gasteiger partial charge on any atom is -0.490 e. The third kappa shape index (κ3) is 5.96. The number of rotatable bonds is 7. The lowest BCUT2D eigenvalue weighted by molar-refractivity contribution is -0.139. The predicted octanol–water partition coefficient (Wildman–Crippen LogP) is 4.63. The Morgan fingerprint density at radius 3 is 2.38 bits per heavy atom. The van der Waals surface area contributed by atoms with Gasteiger partial charge >= 0.3 is 6.18 Å². The zero-order chi connectivity index (χ0) is 16.0. The minimum absolute atomic E-state index is 0.0931. The Morgan fingerprint density at radius 1 is 1.19 bits per heavy atom. The lowest BCUT2D eigenvalue weighted by Crippen LogP contribution is -2.20. The second-order valence-electron chi connectivity index (χ2n) is 5.69. The van der Waals surface area contributed by atoms with Crippen LogP contribution in [0.3, 0.4) is 0 Å². The standard InChI is InChI=1S/C16H24F3NO/c1-5-12(4)21-15-7-6-13(10-20-9-11(2)3)8-14(15)16(17,18)19/h6-8,11-12,20H,5,9-10H2,1-4H3. The first-order valence-corrected chi connectivity index (χ1v) is 7.31. The summed E-state index contributed by atoms with van der Waals surface area (Å²) in [6.07, 6.45) is -3.98. The zero-order valence-corrected chi connectivity index (χ0v) is 13.1. The number of nitrogens with one attached hydrogen (secondary N) is 1. The van der Waals surface area contributed by atoms with Gasteiger partial charge in [-0.25, -0.2) is 0 Å². The first kappa shape index (κ1) is 17.8. The molecule has 1 atom stereocenters. The number of hydrogen-bond acceptors (Lipinski definition) is 2. The van der Waals surface area contributed by atoms with Gasteiger partial charge in [0.1, 0.15) is 5.75 Å². The molecule has 0 heterocycles. The molecule has 21 heavy (non-hydrogen) atoms. The molecule has 0 fully saturated rings. The summed E-state index contributed by atoms with van der Waals surface area (Å²) >= 11 is 0. The van der Waals surface area contributed by atoms with Gasteiger partial charge in [0.2, 0.25) is 0 Å². The average Bonchev–Trinajstić information content (AvgIpc) is 2.38. The zero-order valence-electron chi connectivity index (χ0n) is 13.1. The van der Waals surface area contributed by atoms with E-state index in [1.165, 1.54) is 12.1 Å².